The number of nitrogens with two attached hydrogens (primary N) is 1. The molecular weight excluding hydrogens is 214 g/mol. The van der Waals surface area contributed by atoms with Gasteiger partial charge in [-0.15, -0.1) is 0 Å². The Kier molecular flexibility index (Phi) is 3.66. The number of fused-ring (bicyclic) bond motifs is 1. The number of rotatable bonds is 2. The molecule has 3 rings (SSSR count). The molecule has 0 amide bonds. The van der Waals surface area contributed by atoms with Crippen molar-refractivity contribution < 1.29 is 4.74 Å². The van der Waals surface area contributed by atoms with E-state index in [1.54, 1.807) is 0 Å². The normalized spacial score (nSPS) is 40.4. The monoisotopic (exact) mass is 239 g/mol. The summed E-state index contributed by atoms with van der Waals surface area (Å²) in [4.78, 5) is 5.32. The summed E-state index contributed by atoms with van der Waals surface area (Å²) < 4.78 is 5.47. The first-order valence-electron chi connectivity index (χ1n) is 7.12. The maximum Gasteiger partial charge on any atom is 0.0621 e. The molecule has 17 heavy (non-hydrogen) atoms. The quantitative estimate of drug-likeness (QED) is 0.744. The minimum absolute atomic E-state index is 0.262. The molecule has 3 atom stereocenters. The molecule has 98 valence electrons. The molecule has 4 heteroatoms. The summed E-state index contributed by atoms with van der Waals surface area (Å²) in [6.07, 6.45) is 4.10. The van der Waals surface area contributed by atoms with E-state index in [9.17, 15) is 0 Å². The second-order valence-corrected chi connectivity index (χ2v) is 5.91. The Bertz CT molecular complexity index is 261. The maximum atomic E-state index is 6.08. The highest BCUT2D eigenvalue weighted by Crippen LogP contribution is 2.22. The van der Waals surface area contributed by atoms with Gasteiger partial charge in [0.25, 0.3) is 0 Å². The van der Waals surface area contributed by atoms with Gasteiger partial charge in [0.05, 0.1) is 13.2 Å². The van der Waals surface area contributed by atoms with Gasteiger partial charge in [0.1, 0.15) is 0 Å². The van der Waals surface area contributed by atoms with Gasteiger partial charge in [-0.2, -0.15) is 0 Å². The third-order valence-electron chi connectivity index (χ3n) is 4.63. The van der Waals surface area contributed by atoms with Gasteiger partial charge >= 0.3 is 0 Å². The van der Waals surface area contributed by atoms with Crippen LogP contribution < -0.4 is 5.73 Å². The smallest absolute Gasteiger partial charge is 0.0621 e. The lowest BCUT2D eigenvalue weighted by Crippen LogP contribution is -2.42. The fraction of sp³-hybridized carbons (Fsp3) is 1.00. The first kappa shape index (κ1) is 11.9. The SMILES string of the molecule is NC1COCC1CN1CCCN2CCCC2C1. The first-order valence-corrected chi connectivity index (χ1v) is 7.12. The van der Waals surface area contributed by atoms with Crippen LogP contribution in [0.3, 0.4) is 0 Å². The van der Waals surface area contributed by atoms with Crippen LogP contribution in [0.15, 0.2) is 0 Å². The molecule has 4 nitrogen and oxygen atoms in total. The molecule has 3 fully saturated rings. The number of hydrogen-bond donors (Lipinski definition) is 1. The van der Waals surface area contributed by atoms with Gasteiger partial charge in [0, 0.05) is 31.1 Å². The van der Waals surface area contributed by atoms with E-state index in [0.717, 1.165) is 25.8 Å². The van der Waals surface area contributed by atoms with Crippen LogP contribution in [-0.2, 0) is 4.74 Å². The van der Waals surface area contributed by atoms with Gasteiger partial charge in [0.15, 0.2) is 0 Å². The summed E-state index contributed by atoms with van der Waals surface area (Å²) in [5.41, 5.74) is 6.08. The molecule has 3 aliphatic heterocycles. The van der Waals surface area contributed by atoms with E-state index < -0.39 is 0 Å². The second-order valence-electron chi connectivity index (χ2n) is 5.91. The number of nitrogens with zero attached hydrogens (tertiary/aromatic N) is 2. The lowest BCUT2D eigenvalue weighted by molar-refractivity contribution is 0.161. The summed E-state index contributed by atoms with van der Waals surface area (Å²) in [5, 5.41) is 0. The van der Waals surface area contributed by atoms with Gasteiger partial charge in [-0.25, -0.2) is 0 Å². The molecule has 0 bridgehead atoms. The largest absolute Gasteiger partial charge is 0.379 e. The minimum atomic E-state index is 0.262. The Morgan fingerprint density at radius 1 is 1.12 bits per heavy atom. The predicted molar refractivity (Wildman–Crippen MR) is 67.9 cm³/mol. The van der Waals surface area contributed by atoms with Crippen molar-refractivity contribution in [1.82, 2.24) is 9.80 Å². The van der Waals surface area contributed by atoms with Crippen LogP contribution in [-0.4, -0.2) is 67.8 Å². The van der Waals surface area contributed by atoms with Gasteiger partial charge in [-0.3, -0.25) is 4.90 Å². The fourth-order valence-electron chi connectivity index (χ4n) is 3.58. The van der Waals surface area contributed by atoms with Crippen LogP contribution in [0, 0.1) is 5.92 Å². The molecule has 3 saturated heterocycles. The summed E-state index contributed by atoms with van der Waals surface area (Å²) in [6.45, 7) is 7.89. The van der Waals surface area contributed by atoms with Crippen LogP contribution in [0.5, 0.6) is 0 Å². The third kappa shape index (κ3) is 2.65. The van der Waals surface area contributed by atoms with E-state index >= 15 is 0 Å². The molecule has 0 spiro atoms. The maximum absolute atomic E-state index is 6.08. The lowest BCUT2D eigenvalue weighted by Gasteiger charge is -2.28. The van der Waals surface area contributed by atoms with Crippen LogP contribution in [0.2, 0.25) is 0 Å². The van der Waals surface area contributed by atoms with Gasteiger partial charge in [0.2, 0.25) is 0 Å². The van der Waals surface area contributed by atoms with Crippen molar-refractivity contribution in [3.05, 3.63) is 0 Å². The Hall–Kier alpha value is -0.160. The molecule has 0 aromatic carbocycles. The van der Waals surface area contributed by atoms with E-state index in [-0.39, 0.29) is 6.04 Å². The summed E-state index contributed by atoms with van der Waals surface area (Å²) >= 11 is 0. The molecule has 0 aromatic heterocycles. The average Bonchev–Trinajstić information content (AvgIpc) is 2.86. The van der Waals surface area contributed by atoms with Crippen LogP contribution in [0.1, 0.15) is 19.3 Å². The van der Waals surface area contributed by atoms with Crippen molar-refractivity contribution in [2.75, 3.05) is 45.9 Å². The zero-order valence-corrected chi connectivity index (χ0v) is 10.7. The van der Waals surface area contributed by atoms with Crippen LogP contribution >= 0.6 is 0 Å². The Balaban J connectivity index is 1.55. The molecule has 0 aromatic rings. The molecule has 0 radical (unpaired) electrons. The first-order chi connectivity index (χ1) is 8.33. The van der Waals surface area contributed by atoms with E-state index in [0.29, 0.717) is 5.92 Å². The highest BCUT2D eigenvalue weighted by Gasteiger charge is 2.32. The van der Waals surface area contributed by atoms with Crippen LogP contribution in [0.25, 0.3) is 0 Å². The van der Waals surface area contributed by atoms with Gasteiger partial charge < -0.3 is 15.4 Å². The zero-order valence-electron chi connectivity index (χ0n) is 10.7. The summed E-state index contributed by atoms with van der Waals surface area (Å²) in [5.74, 6) is 0.558. The van der Waals surface area contributed by atoms with Crippen molar-refractivity contribution in [3.63, 3.8) is 0 Å². The zero-order chi connectivity index (χ0) is 11.7. The molecule has 3 heterocycles. The van der Waals surface area contributed by atoms with Crippen molar-refractivity contribution in [2.24, 2.45) is 11.7 Å². The predicted octanol–water partition coefficient (Wildman–Crippen LogP) is 0.130. The van der Waals surface area contributed by atoms with Crippen LogP contribution in [0.4, 0.5) is 0 Å². The van der Waals surface area contributed by atoms with Crippen molar-refractivity contribution in [2.45, 2.75) is 31.3 Å². The fourth-order valence-corrected chi connectivity index (χ4v) is 3.58. The Morgan fingerprint density at radius 2 is 2.00 bits per heavy atom. The van der Waals surface area contributed by atoms with E-state index in [4.69, 9.17) is 10.5 Å². The Morgan fingerprint density at radius 3 is 2.82 bits per heavy atom. The molecular formula is C13H25N3O. The van der Waals surface area contributed by atoms with Gasteiger partial charge in [-0.1, -0.05) is 0 Å². The summed E-state index contributed by atoms with van der Waals surface area (Å²) in [7, 11) is 0. The van der Waals surface area contributed by atoms with E-state index in [1.165, 1.54) is 45.4 Å². The molecule has 3 aliphatic rings. The summed E-state index contributed by atoms with van der Waals surface area (Å²) in [6, 6.07) is 1.08. The van der Waals surface area contributed by atoms with E-state index in [2.05, 4.69) is 9.80 Å². The lowest BCUT2D eigenvalue weighted by atomic mass is 10.0. The molecule has 2 N–H and O–H groups in total. The third-order valence-corrected chi connectivity index (χ3v) is 4.63. The van der Waals surface area contributed by atoms with E-state index in [1.807, 2.05) is 0 Å². The molecule has 0 saturated carbocycles. The Labute approximate surface area is 104 Å². The minimum Gasteiger partial charge on any atom is -0.379 e. The second kappa shape index (κ2) is 5.22. The molecule has 0 aliphatic carbocycles. The average molecular weight is 239 g/mol. The highest BCUT2D eigenvalue weighted by molar-refractivity contribution is 4.87. The molecule has 3 unspecified atom stereocenters. The standard InChI is InChI=1S/C13H25N3O/c14-13-10-17-9-11(13)7-15-4-2-6-16-5-1-3-12(16)8-15/h11-13H,1-10,14H2. The number of hydrogen-bond acceptors (Lipinski definition) is 4. The van der Waals surface area contributed by atoms with Crippen molar-refractivity contribution in [3.8, 4) is 0 Å². The highest BCUT2D eigenvalue weighted by atomic mass is 16.5. The van der Waals surface area contributed by atoms with Crippen molar-refractivity contribution >= 4 is 0 Å². The van der Waals surface area contributed by atoms with Gasteiger partial charge in [-0.05, 0) is 38.9 Å². The number of ether oxygens (including phenoxy) is 1. The topological polar surface area (TPSA) is 41.7 Å². The van der Waals surface area contributed by atoms with Crippen molar-refractivity contribution in [1.29, 1.82) is 0 Å².